The Morgan fingerprint density at radius 3 is 2.60 bits per heavy atom. The first kappa shape index (κ1) is 16.9. The van der Waals surface area contributed by atoms with Crippen LogP contribution in [0.1, 0.15) is 50.1 Å². The van der Waals surface area contributed by atoms with Crippen LogP contribution >= 0.6 is 0 Å². The van der Waals surface area contributed by atoms with Gasteiger partial charge in [0.1, 0.15) is 0 Å². The molecule has 1 saturated carbocycles. The third-order valence-corrected chi connectivity index (χ3v) is 5.99. The van der Waals surface area contributed by atoms with Crippen molar-refractivity contribution in [3.63, 3.8) is 0 Å². The molecule has 3 fully saturated rings. The molecule has 1 aliphatic carbocycles. The summed E-state index contributed by atoms with van der Waals surface area (Å²) in [6.45, 7) is 3.64. The molecule has 6 nitrogen and oxygen atoms in total. The van der Waals surface area contributed by atoms with Gasteiger partial charge in [0, 0.05) is 44.5 Å². The summed E-state index contributed by atoms with van der Waals surface area (Å²) in [6.07, 6.45) is 11.1. The maximum absolute atomic E-state index is 12.7. The van der Waals surface area contributed by atoms with Crippen LogP contribution in [0.3, 0.4) is 0 Å². The minimum atomic E-state index is 0.293. The van der Waals surface area contributed by atoms with Crippen LogP contribution in [0.2, 0.25) is 0 Å². The fourth-order valence-electron chi connectivity index (χ4n) is 4.44. The molecule has 2 N–H and O–H groups in total. The van der Waals surface area contributed by atoms with Crippen LogP contribution in [-0.2, 0) is 4.79 Å². The van der Waals surface area contributed by atoms with E-state index in [1.54, 1.807) is 0 Å². The Balaban J connectivity index is 1.27. The van der Waals surface area contributed by atoms with Crippen molar-refractivity contribution in [1.82, 2.24) is 25.6 Å². The summed E-state index contributed by atoms with van der Waals surface area (Å²) in [5.41, 5.74) is 8.05. The number of carbonyl (C=O) groups is 1. The van der Waals surface area contributed by atoms with Crippen molar-refractivity contribution in [3.05, 3.63) is 30.1 Å². The quantitative estimate of drug-likeness (QED) is 0.874. The van der Waals surface area contributed by atoms with E-state index >= 15 is 0 Å². The van der Waals surface area contributed by atoms with Crippen LogP contribution in [0.25, 0.3) is 0 Å². The monoisotopic (exact) mass is 343 g/mol. The Morgan fingerprint density at radius 2 is 1.88 bits per heavy atom. The fourth-order valence-corrected chi connectivity index (χ4v) is 4.44. The first-order valence-electron chi connectivity index (χ1n) is 9.75. The van der Waals surface area contributed by atoms with Crippen molar-refractivity contribution in [2.45, 2.75) is 50.7 Å². The highest BCUT2D eigenvalue weighted by Crippen LogP contribution is 2.27. The second-order valence-corrected chi connectivity index (χ2v) is 7.58. The van der Waals surface area contributed by atoms with Gasteiger partial charge in [0.25, 0.3) is 0 Å². The molecule has 0 spiro atoms. The summed E-state index contributed by atoms with van der Waals surface area (Å²) < 4.78 is 0. The number of amides is 1. The van der Waals surface area contributed by atoms with Gasteiger partial charge in [0.15, 0.2) is 0 Å². The van der Waals surface area contributed by atoms with Gasteiger partial charge in [-0.25, -0.2) is 10.9 Å². The van der Waals surface area contributed by atoms with Crippen LogP contribution in [0.15, 0.2) is 24.5 Å². The molecule has 2 aliphatic heterocycles. The molecule has 136 valence electrons. The summed E-state index contributed by atoms with van der Waals surface area (Å²) in [6, 6.07) is 4.41. The fraction of sp³-hybridized carbons (Fsp3) is 0.684. The standard InChI is InChI=1S/C19H29N5O/c25-19(15-5-2-1-3-6-15)24-11-9-23(10-12-24)18-13-17(21-22-18)16-7-4-8-20-14-16/h4,7-8,14-15,17-18,21-22H,1-3,5-6,9-13H2. The van der Waals surface area contributed by atoms with Crippen molar-refractivity contribution in [3.8, 4) is 0 Å². The minimum absolute atomic E-state index is 0.293. The molecule has 0 aromatic carbocycles. The topological polar surface area (TPSA) is 60.5 Å². The van der Waals surface area contributed by atoms with Crippen LogP contribution < -0.4 is 10.9 Å². The normalized spacial score (nSPS) is 29.0. The van der Waals surface area contributed by atoms with E-state index in [9.17, 15) is 4.79 Å². The highest BCUT2D eigenvalue weighted by molar-refractivity contribution is 5.79. The van der Waals surface area contributed by atoms with E-state index in [0.717, 1.165) is 45.4 Å². The molecule has 4 rings (SSSR count). The zero-order chi connectivity index (χ0) is 17.1. The number of carbonyl (C=O) groups excluding carboxylic acids is 1. The summed E-state index contributed by atoms with van der Waals surface area (Å²) in [5, 5.41) is 0. The molecule has 3 heterocycles. The third kappa shape index (κ3) is 3.86. The van der Waals surface area contributed by atoms with Crippen molar-refractivity contribution in [1.29, 1.82) is 0 Å². The molecular formula is C19H29N5O. The lowest BCUT2D eigenvalue weighted by atomic mass is 9.88. The number of nitrogens with one attached hydrogen (secondary N) is 2. The second-order valence-electron chi connectivity index (χ2n) is 7.58. The van der Waals surface area contributed by atoms with Crippen molar-refractivity contribution >= 4 is 5.91 Å². The van der Waals surface area contributed by atoms with Gasteiger partial charge in [-0.3, -0.25) is 14.7 Å². The average molecular weight is 343 g/mol. The lowest BCUT2D eigenvalue weighted by molar-refractivity contribution is -0.138. The van der Waals surface area contributed by atoms with Gasteiger partial charge in [-0.15, -0.1) is 0 Å². The highest BCUT2D eigenvalue weighted by atomic mass is 16.2. The Labute approximate surface area is 149 Å². The number of aromatic nitrogens is 1. The van der Waals surface area contributed by atoms with Crippen LogP contribution in [0.5, 0.6) is 0 Å². The Kier molecular flexibility index (Phi) is 5.29. The van der Waals surface area contributed by atoms with Gasteiger partial charge in [-0.2, -0.15) is 0 Å². The molecule has 1 amide bonds. The summed E-state index contributed by atoms with van der Waals surface area (Å²) in [7, 11) is 0. The zero-order valence-corrected chi connectivity index (χ0v) is 14.9. The second kappa shape index (κ2) is 7.81. The molecule has 2 saturated heterocycles. The highest BCUT2D eigenvalue weighted by Gasteiger charge is 2.33. The molecule has 3 aliphatic rings. The maximum Gasteiger partial charge on any atom is 0.225 e. The molecule has 2 unspecified atom stereocenters. The largest absolute Gasteiger partial charge is 0.340 e. The summed E-state index contributed by atoms with van der Waals surface area (Å²) >= 11 is 0. The van der Waals surface area contributed by atoms with E-state index in [4.69, 9.17) is 0 Å². The molecule has 0 bridgehead atoms. The first-order chi connectivity index (χ1) is 12.3. The smallest absolute Gasteiger partial charge is 0.225 e. The number of hydrazine groups is 1. The molecule has 6 heteroatoms. The lowest BCUT2D eigenvalue weighted by Crippen LogP contribution is -2.56. The molecule has 1 aromatic rings. The average Bonchev–Trinajstić information content (AvgIpc) is 3.19. The van der Waals surface area contributed by atoms with Gasteiger partial charge < -0.3 is 4.90 Å². The van der Waals surface area contributed by atoms with Crippen molar-refractivity contribution < 1.29 is 4.79 Å². The maximum atomic E-state index is 12.7. The Hall–Kier alpha value is -1.50. The molecule has 1 aromatic heterocycles. The Morgan fingerprint density at radius 1 is 1.08 bits per heavy atom. The molecule has 25 heavy (non-hydrogen) atoms. The van der Waals surface area contributed by atoms with Gasteiger partial charge in [-0.05, 0) is 30.9 Å². The van der Waals surface area contributed by atoms with Gasteiger partial charge in [0.05, 0.1) is 12.2 Å². The van der Waals surface area contributed by atoms with E-state index in [1.807, 2.05) is 18.5 Å². The van der Waals surface area contributed by atoms with Crippen LogP contribution in [0, 0.1) is 5.92 Å². The molecular weight excluding hydrogens is 314 g/mol. The van der Waals surface area contributed by atoms with E-state index in [0.29, 0.717) is 24.0 Å². The van der Waals surface area contributed by atoms with E-state index in [2.05, 4.69) is 31.7 Å². The van der Waals surface area contributed by atoms with Gasteiger partial charge in [-0.1, -0.05) is 25.3 Å². The predicted molar refractivity (Wildman–Crippen MR) is 96.4 cm³/mol. The zero-order valence-electron chi connectivity index (χ0n) is 14.9. The van der Waals surface area contributed by atoms with E-state index in [-0.39, 0.29) is 0 Å². The SMILES string of the molecule is O=C(C1CCCCC1)N1CCN(C2CC(c3cccnc3)NN2)CC1. The van der Waals surface area contributed by atoms with Gasteiger partial charge >= 0.3 is 0 Å². The third-order valence-electron chi connectivity index (χ3n) is 5.99. The number of rotatable bonds is 3. The lowest BCUT2D eigenvalue weighted by Gasteiger charge is -2.39. The minimum Gasteiger partial charge on any atom is -0.340 e. The number of hydrogen-bond acceptors (Lipinski definition) is 5. The van der Waals surface area contributed by atoms with Crippen LogP contribution in [-0.4, -0.2) is 53.0 Å². The number of hydrogen-bond donors (Lipinski definition) is 2. The van der Waals surface area contributed by atoms with E-state index < -0.39 is 0 Å². The van der Waals surface area contributed by atoms with E-state index in [1.165, 1.54) is 24.8 Å². The summed E-state index contributed by atoms with van der Waals surface area (Å²) in [4.78, 5) is 21.5. The molecule has 2 atom stereocenters. The molecule has 0 radical (unpaired) electrons. The first-order valence-corrected chi connectivity index (χ1v) is 9.75. The van der Waals surface area contributed by atoms with Crippen LogP contribution in [0.4, 0.5) is 0 Å². The summed E-state index contributed by atoms with van der Waals surface area (Å²) in [5.74, 6) is 0.701. The van der Waals surface area contributed by atoms with Crippen molar-refractivity contribution in [2.24, 2.45) is 5.92 Å². The number of pyridine rings is 1. The number of nitrogens with zero attached hydrogens (tertiary/aromatic N) is 3. The predicted octanol–water partition coefficient (Wildman–Crippen LogP) is 1.67. The van der Waals surface area contributed by atoms with Gasteiger partial charge in [0.2, 0.25) is 5.91 Å². The van der Waals surface area contributed by atoms with Crippen molar-refractivity contribution in [2.75, 3.05) is 26.2 Å². The Bertz CT molecular complexity index is 566. The number of piperazine rings is 1.